The van der Waals surface area contributed by atoms with E-state index in [9.17, 15) is 14.4 Å². The molecule has 4 N–H and O–H groups in total. The lowest BCUT2D eigenvalue weighted by Gasteiger charge is -2.21. The number of benzene rings is 1. The number of ketones is 1. The van der Waals surface area contributed by atoms with E-state index >= 15 is 0 Å². The van der Waals surface area contributed by atoms with Gasteiger partial charge in [0.15, 0.2) is 5.78 Å². The van der Waals surface area contributed by atoms with Gasteiger partial charge in [-0.15, -0.1) is 0 Å². The Morgan fingerprint density at radius 3 is 2.05 bits per heavy atom. The van der Waals surface area contributed by atoms with E-state index in [1.54, 1.807) is 0 Å². The maximum absolute atomic E-state index is 12.5. The molecule has 2 rings (SSSR count). The van der Waals surface area contributed by atoms with E-state index in [0.717, 1.165) is 38.2 Å². The number of nitrogen functional groups attached to an aromatic ring is 1. The molecule has 6 heteroatoms. The van der Waals surface area contributed by atoms with Crippen molar-refractivity contribution in [2.24, 2.45) is 5.92 Å². The van der Waals surface area contributed by atoms with Crippen molar-refractivity contribution in [1.29, 1.82) is 0 Å². The molecule has 0 aliphatic heterocycles. The number of nitrogens with two attached hydrogens (primary N) is 1. The number of rotatable bonds is 4. The number of carbonyl (C=O) groups excluding carboxylic acids is 1. The van der Waals surface area contributed by atoms with Crippen LogP contribution in [0.2, 0.25) is 0 Å². The molecule has 0 aromatic heterocycles. The van der Waals surface area contributed by atoms with Gasteiger partial charge in [0, 0.05) is 11.5 Å². The van der Waals surface area contributed by atoms with E-state index in [0.29, 0.717) is 0 Å². The average molecular weight is 291 g/mol. The Morgan fingerprint density at radius 2 is 1.52 bits per heavy atom. The topological polar surface area (TPSA) is 118 Å². The fraction of sp³-hybridized carbons (Fsp3) is 0.400. The van der Waals surface area contributed by atoms with Crippen molar-refractivity contribution in [3.63, 3.8) is 0 Å². The molecule has 1 aliphatic carbocycles. The highest BCUT2D eigenvalue weighted by Crippen LogP contribution is 2.30. The molecule has 1 aromatic rings. The number of hydrogen-bond acceptors (Lipinski definition) is 4. The van der Waals surface area contributed by atoms with Crippen LogP contribution in [0.4, 0.5) is 5.69 Å². The molecular formula is C15H17NO5. The van der Waals surface area contributed by atoms with Crippen molar-refractivity contribution in [2.75, 3.05) is 5.73 Å². The molecule has 0 heterocycles. The zero-order valence-corrected chi connectivity index (χ0v) is 11.5. The van der Waals surface area contributed by atoms with Gasteiger partial charge in [-0.25, -0.2) is 9.59 Å². The minimum atomic E-state index is -1.44. The van der Waals surface area contributed by atoms with Crippen molar-refractivity contribution in [1.82, 2.24) is 0 Å². The fourth-order valence-electron chi connectivity index (χ4n) is 2.83. The van der Waals surface area contributed by atoms with Crippen molar-refractivity contribution < 1.29 is 24.6 Å². The predicted octanol–water partition coefficient (Wildman–Crippen LogP) is 2.43. The lowest BCUT2D eigenvalue weighted by atomic mass is 9.82. The molecule has 0 saturated heterocycles. The van der Waals surface area contributed by atoms with E-state index in [4.69, 9.17) is 15.9 Å². The fourth-order valence-corrected chi connectivity index (χ4v) is 2.83. The van der Waals surface area contributed by atoms with Crippen molar-refractivity contribution >= 4 is 23.4 Å². The third-order valence-corrected chi connectivity index (χ3v) is 3.93. The van der Waals surface area contributed by atoms with Crippen LogP contribution in [0.5, 0.6) is 0 Å². The van der Waals surface area contributed by atoms with Gasteiger partial charge < -0.3 is 15.9 Å². The second-order valence-corrected chi connectivity index (χ2v) is 5.26. The van der Waals surface area contributed by atoms with Crippen LogP contribution in [-0.2, 0) is 0 Å². The molecule has 21 heavy (non-hydrogen) atoms. The normalized spacial score (nSPS) is 15.6. The summed E-state index contributed by atoms with van der Waals surface area (Å²) in [5, 5.41) is 18.2. The Kier molecular flexibility index (Phi) is 4.26. The zero-order valence-electron chi connectivity index (χ0n) is 11.5. The quantitative estimate of drug-likeness (QED) is 0.579. The van der Waals surface area contributed by atoms with Gasteiger partial charge in [0.2, 0.25) is 0 Å². The van der Waals surface area contributed by atoms with E-state index in [1.165, 1.54) is 6.07 Å². The lowest BCUT2D eigenvalue weighted by molar-refractivity contribution is 0.0652. The van der Waals surface area contributed by atoms with Crippen LogP contribution in [0.25, 0.3) is 0 Å². The van der Waals surface area contributed by atoms with Gasteiger partial charge >= 0.3 is 11.9 Å². The number of carboxylic acid groups (broad SMARTS) is 2. The highest BCUT2D eigenvalue weighted by molar-refractivity contribution is 6.11. The van der Waals surface area contributed by atoms with Gasteiger partial charge in [0.25, 0.3) is 0 Å². The third kappa shape index (κ3) is 2.89. The SMILES string of the molecule is Nc1c(C(=O)C2CCCCC2)ccc(C(=O)O)c1C(=O)O. The molecule has 1 aromatic carbocycles. The maximum Gasteiger partial charge on any atom is 0.338 e. The summed E-state index contributed by atoms with van der Waals surface area (Å²) in [6.07, 6.45) is 4.56. The van der Waals surface area contributed by atoms with Crippen LogP contribution in [0, 0.1) is 5.92 Å². The summed E-state index contributed by atoms with van der Waals surface area (Å²) in [6, 6.07) is 2.46. The highest BCUT2D eigenvalue weighted by Gasteiger charge is 2.28. The number of carboxylic acids is 2. The van der Waals surface area contributed by atoms with E-state index in [2.05, 4.69) is 0 Å². The number of aromatic carboxylic acids is 2. The lowest BCUT2D eigenvalue weighted by Crippen LogP contribution is -2.21. The molecular weight excluding hydrogens is 274 g/mol. The summed E-state index contributed by atoms with van der Waals surface area (Å²) < 4.78 is 0. The first-order valence-corrected chi connectivity index (χ1v) is 6.86. The van der Waals surface area contributed by atoms with Gasteiger partial charge in [-0.05, 0) is 25.0 Å². The molecule has 0 spiro atoms. The van der Waals surface area contributed by atoms with E-state index < -0.39 is 23.1 Å². The molecule has 0 atom stereocenters. The Morgan fingerprint density at radius 1 is 0.952 bits per heavy atom. The summed E-state index contributed by atoms with van der Waals surface area (Å²) in [7, 11) is 0. The highest BCUT2D eigenvalue weighted by atomic mass is 16.4. The van der Waals surface area contributed by atoms with Crippen LogP contribution in [0.1, 0.15) is 63.2 Å². The Hall–Kier alpha value is -2.37. The molecule has 1 aliphatic rings. The first kappa shape index (κ1) is 15.0. The summed E-state index contributed by atoms with van der Waals surface area (Å²) in [6.45, 7) is 0. The Labute approximate surface area is 121 Å². The maximum atomic E-state index is 12.5. The number of Topliss-reactive ketones (excluding diaryl/α,β-unsaturated/α-hetero) is 1. The largest absolute Gasteiger partial charge is 0.478 e. The zero-order chi connectivity index (χ0) is 15.6. The second kappa shape index (κ2) is 5.95. The van der Waals surface area contributed by atoms with Crippen LogP contribution < -0.4 is 5.73 Å². The summed E-state index contributed by atoms with van der Waals surface area (Å²) >= 11 is 0. The number of anilines is 1. The number of hydrogen-bond donors (Lipinski definition) is 3. The predicted molar refractivity (Wildman–Crippen MR) is 75.7 cm³/mol. The van der Waals surface area contributed by atoms with E-state index in [1.807, 2.05) is 0 Å². The summed E-state index contributed by atoms with van der Waals surface area (Å²) in [5.41, 5.74) is 4.72. The first-order chi connectivity index (χ1) is 9.93. The van der Waals surface area contributed by atoms with Gasteiger partial charge in [-0.3, -0.25) is 4.79 Å². The van der Waals surface area contributed by atoms with Gasteiger partial charge in [0.05, 0.1) is 16.8 Å². The monoisotopic (exact) mass is 291 g/mol. The van der Waals surface area contributed by atoms with Gasteiger partial charge in [0.1, 0.15) is 0 Å². The molecule has 112 valence electrons. The molecule has 0 radical (unpaired) electrons. The van der Waals surface area contributed by atoms with Crippen LogP contribution in [-0.4, -0.2) is 27.9 Å². The summed E-state index contributed by atoms with van der Waals surface area (Å²) in [5.74, 6) is -3.16. The molecule has 1 saturated carbocycles. The van der Waals surface area contributed by atoms with Crippen LogP contribution >= 0.6 is 0 Å². The molecule has 0 unspecified atom stereocenters. The van der Waals surface area contributed by atoms with Crippen LogP contribution in [0.15, 0.2) is 12.1 Å². The van der Waals surface area contributed by atoms with Crippen molar-refractivity contribution in [3.8, 4) is 0 Å². The molecule has 0 amide bonds. The Balaban J connectivity index is 2.45. The average Bonchev–Trinajstić information content (AvgIpc) is 2.46. The third-order valence-electron chi connectivity index (χ3n) is 3.93. The van der Waals surface area contributed by atoms with Crippen LogP contribution in [0.3, 0.4) is 0 Å². The number of carbonyl (C=O) groups is 3. The standard InChI is InChI=1S/C15H17NO5/c16-12-10(13(17)8-4-2-1-3-5-8)7-6-9(14(18)19)11(12)15(20)21/h6-8H,1-5,16H2,(H,18,19)(H,20,21). The second-order valence-electron chi connectivity index (χ2n) is 5.26. The minimum Gasteiger partial charge on any atom is -0.478 e. The minimum absolute atomic E-state index is 0.115. The van der Waals surface area contributed by atoms with Crippen molar-refractivity contribution in [3.05, 3.63) is 28.8 Å². The molecule has 1 fully saturated rings. The molecule has 6 nitrogen and oxygen atoms in total. The smallest absolute Gasteiger partial charge is 0.338 e. The molecule has 0 bridgehead atoms. The first-order valence-electron chi connectivity index (χ1n) is 6.86. The Bertz CT molecular complexity index is 602. The van der Waals surface area contributed by atoms with Gasteiger partial charge in [-0.1, -0.05) is 19.3 Å². The van der Waals surface area contributed by atoms with Gasteiger partial charge in [-0.2, -0.15) is 0 Å². The van der Waals surface area contributed by atoms with E-state index in [-0.39, 0.29) is 23.0 Å². The summed E-state index contributed by atoms with van der Waals surface area (Å²) in [4.78, 5) is 34.8. The van der Waals surface area contributed by atoms with Crippen molar-refractivity contribution in [2.45, 2.75) is 32.1 Å².